The van der Waals surface area contributed by atoms with Gasteiger partial charge in [-0.05, 0) is 18.1 Å². The summed E-state index contributed by atoms with van der Waals surface area (Å²) in [6, 6.07) is 1.09. The van der Waals surface area contributed by atoms with Gasteiger partial charge in [-0.3, -0.25) is 15.0 Å². The number of nitrogens with two attached hydrogens (primary N) is 1. The van der Waals surface area contributed by atoms with Crippen LogP contribution in [0.15, 0.2) is 18.5 Å². The van der Waals surface area contributed by atoms with Gasteiger partial charge in [0.25, 0.3) is 5.91 Å². The van der Waals surface area contributed by atoms with E-state index in [-0.39, 0.29) is 0 Å². The van der Waals surface area contributed by atoms with Gasteiger partial charge in [-0.25, -0.2) is 0 Å². The van der Waals surface area contributed by atoms with Crippen LogP contribution in [0.25, 0.3) is 0 Å². The maximum absolute atomic E-state index is 11.2. The van der Waals surface area contributed by atoms with Crippen molar-refractivity contribution in [2.45, 2.75) is 12.5 Å². The van der Waals surface area contributed by atoms with E-state index in [1.54, 1.807) is 12.3 Å². The third-order valence-corrected chi connectivity index (χ3v) is 2.08. The third kappa shape index (κ3) is 1.18. The van der Waals surface area contributed by atoms with Gasteiger partial charge in [0.15, 0.2) is 0 Å². The number of aromatic nitrogens is 1. The molecule has 13 heavy (non-hydrogen) atoms. The van der Waals surface area contributed by atoms with Crippen LogP contribution in [0.3, 0.4) is 0 Å². The minimum atomic E-state index is -0.653. The van der Waals surface area contributed by atoms with Gasteiger partial charge in [-0.2, -0.15) is 5.06 Å². The number of anilines is 1. The first-order valence-electron chi connectivity index (χ1n) is 3.91. The van der Waals surface area contributed by atoms with Gasteiger partial charge in [-0.1, -0.05) is 0 Å². The van der Waals surface area contributed by atoms with Crippen molar-refractivity contribution >= 4 is 11.6 Å². The van der Waals surface area contributed by atoms with Gasteiger partial charge in [0, 0.05) is 6.20 Å². The SMILES string of the molecule is NC1Cc2ccncc2N(O)C1=O. The van der Waals surface area contributed by atoms with Crippen LogP contribution in [0, 0.1) is 0 Å². The lowest BCUT2D eigenvalue weighted by molar-refractivity contribution is -0.125. The van der Waals surface area contributed by atoms with Gasteiger partial charge in [0.2, 0.25) is 0 Å². The van der Waals surface area contributed by atoms with E-state index in [1.807, 2.05) is 0 Å². The molecule has 0 saturated heterocycles. The highest BCUT2D eigenvalue weighted by Gasteiger charge is 2.29. The highest BCUT2D eigenvalue weighted by Crippen LogP contribution is 2.24. The number of hydroxylamine groups is 1. The molecule has 1 aliphatic heterocycles. The van der Waals surface area contributed by atoms with Crippen molar-refractivity contribution in [1.82, 2.24) is 4.98 Å². The summed E-state index contributed by atoms with van der Waals surface area (Å²) in [5, 5.41) is 9.93. The molecule has 0 saturated carbocycles. The molecule has 0 radical (unpaired) electrons. The first-order valence-corrected chi connectivity index (χ1v) is 3.91. The van der Waals surface area contributed by atoms with Crippen LogP contribution in [-0.4, -0.2) is 22.1 Å². The molecule has 0 aliphatic carbocycles. The minimum absolute atomic E-state index is 0.425. The molecule has 0 fully saturated rings. The fourth-order valence-corrected chi connectivity index (χ4v) is 1.38. The number of fused-ring (bicyclic) bond motifs is 1. The zero-order chi connectivity index (χ0) is 9.42. The van der Waals surface area contributed by atoms with Gasteiger partial charge in [-0.15, -0.1) is 0 Å². The maximum Gasteiger partial charge on any atom is 0.267 e. The summed E-state index contributed by atoms with van der Waals surface area (Å²) in [7, 11) is 0. The fraction of sp³-hybridized carbons (Fsp3) is 0.250. The quantitative estimate of drug-likeness (QED) is 0.535. The Hall–Kier alpha value is -1.46. The lowest BCUT2D eigenvalue weighted by atomic mass is 10.0. The van der Waals surface area contributed by atoms with Crippen molar-refractivity contribution < 1.29 is 10.0 Å². The summed E-state index contributed by atoms with van der Waals surface area (Å²) in [6.07, 6.45) is 3.50. The first-order chi connectivity index (χ1) is 6.20. The summed E-state index contributed by atoms with van der Waals surface area (Å²) in [4.78, 5) is 15.0. The number of amides is 1. The Morgan fingerprint density at radius 1 is 1.69 bits per heavy atom. The molecule has 1 aromatic rings. The number of rotatable bonds is 0. The van der Waals surface area contributed by atoms with E-state index >= 15 is 0 Å². The van der Waals surface area contributed by atoms with E-state index < -0.39 is 11.9 Å². The molecular weight excluding hydrogens is 170 g/mol. The van der Waals surface area contributed by atoms with E-state index in [4.69, 9.17) is 5.73 Å². The zero-order valence-electron chi connectivity index (χ0n) is 6.84. The van der Waals surface area contributed by atoms with Gasteiger partial charge >= 0.3 is 0 Å². The monoisotopic (exact) mass is 179 g/mol. The summed E-state index contributed by atoms with van der Waals surface area (Å²) < 4.78 is 0. The Morgan fingerprint density at radius 2 is 2.46 bits per heavy atom. The van der Waals surface area contributed by atoms with E-state index in [0.717, 1.165) is 5.56 Å². The minimum Gasteiger partial charge on any atom is -0.320 e. The summed E-state index contributed by atoms with van der Waals surface area (Å²) in [5.41, 5.74) is 6.77. The number of nitrogens with zero attached hydrogens (tertiary/aromatic N) is 2. The number of hydrogen-bond acceptors (Lipinski definition) is 4. The molecule has 1 aliphatic rings. The van der Waals surface area contributed by atoms with Crippen molar-refractivity contribution in [3.63, 3.8) is 0 Å². The number of carbonyl (C=O) groups is 1. The van der Waals surface area contributed by atoms with Gasteiger partial charge < -0.3 is 5.73 Å². The van der Waals surface area contributed by atoms with Crippen LogP contribution in [-0.2, 0) is 11.2 Å². The summed E-state index contributed by atoms with van der Waals surface area (Å²) in [5.74, 6) is -0.486. The molecule has 1 atom stereocenters. The molecule has 2 rings (SSSR count). The number of carbonyl (C=O) groups excluding carboxylic acids is 1. The van der Waals surface area contributed by atoms with Gasteiger partial charge in [0.05, 0.1) is 17.9 Å². The number of hydrogen-bond donors (Lipinski definition) is 2. The second-order valence-electron chi connectivity index (χ2n) is 2.97. The van der Waals surface area contributed by atoms with Crippen LogP contribution in [0.4, 0.5) is 5.69 Å². The molecule has 1 unspecified atom stereocenters. The lowest BCUT2D eigenvalue weighted by Crippen LogP contribution is -2.47. The molecule has 0 bridgehead atoms. The van der Waals surface area contributed by atoms with E-state index in [2.05, 4.69) is 4.98 Å². The average Bonchev–Trinajstić information content (AvgIpc) is 2.15. The Bertz CT molecular complexity index is 353. The maximum atomic E-state index is 11.2. The topological polar surface area (TPSA) is 79.4 Å². The molecule has 5 nitrogen and oxygen atoms in total. The molecule has 1 aromatic heterocycles. The van der Waals surface area contributed by atoms with Crippen LogP contribution in [0.1, 0.15) is 5.56 Å². The highest BCUT2D eigenvalue weighted by atomic mass is 16.5. The van der Waals surface area contributed by atoms with E-state index in [0.29, 0.717) is 17.2 Å². The van der Waals surface area contributed by atoms with Crippen LogP contribution < -0.4 is 10.8 Å². The zero-order valence-corrected chi connectivity index (χ0v) is 6.84. The van der Waals surface area contributed by atoms with Crippen molar-refractivity contribution in [2.75, 3.05) is 5.06 Å². The molecule has 68 valence electrons. The predicted molar refractivity (Wildman–Crippen MR) is 45.2 cm³/mol. The second-order valence-corrected chi connectivity index (χ2v) is 2.97. The molecule has 0 spiro atoms. The van der Waals surface area contributed by atoms with Crippen molar-refractivity contribution in [2.24, 2.45) is 5.73 Å². The van der Waals surface area contributed by atoms with Crippen molar-refractivity contribution in [3.8, 4) is 0 Å². The normalized spacial score (nSPS) is 21.5. The Labute approximate surface area is 74.7 Å². The Morgan fingerprint density at radius 3 is 3.23 bits per heavy atom. The first kappa shape index (κ1) is 8.15. The number of pyridine rings is 1. The Kier molecular flexibility index (Phi) is 1.75. The molecule has 5 heteroatoms. The lowest BCUT2D eigenvalue weighted by Gasteiger charge is -2.26. The van der Waals surface area contributed by atoms with Crippen LogP contribution >= 0.6 is 0 Å². The van der Waals surface area contributed by atoms with Crippen LogP contribution in [0.5, 0.6) is 0 Å². The van der Waals surface area contributed by atoms with Crippen molar-refractivity contribution in [1.29, 1.82) is 0 Å². The largest absolute Gasteiger partial charge is 0.320 e. The van der Waals surface area contributed by atoms with E-state index in [1.165, 1.54) is 6.20 Å². The summed E-state index contributed by atoms with van der Waals surface area (Å²) >= 11 is 0. The fourth-order valence-electron chi connectivity index (χ4n) is 1.38. The third-order valence-electron chi connectivity index (χ3n) is 2.08. The molecule has 1 amide bonds. The smallest absolute Gasteiger partial charge is 0.267 e. The van der Waals surface area contributed by atoms with Crippen LogP contribution in [0.2, 0.25) is 0 Å². The van der Waals surface area contributed by atoms with Gasteiger partial charge in [0.1, 0.15) is 0 Å². The van der Waals surface area contributed by atoms with Crippen molar-refractivity contribution in [3.05, 3.63) is 24.0 Å². The molecule has 0 aromatic carbocycles. The summed E-state index contributed by atoms with van der Waals surface area (Å²) in [6.45, 7) is 0. The molecular formula is C8H9N3O2. The Balaban J connectivity index is 2.49. The predicted octanol–water partition coefficient (Wildman–Crippen LogP) is -0.313. The van der Waals surface area contributed by atoms with E-state index in [9.17, 15) is 10.0 Å². The second kappa shape index (κ2) is 2.79. The molecule has 2 heterocycles. The highest BCUT2D eigenvalue weighted by molar-refractivity contribution is 5.97. The molecule has 3 N–H and O–H groups in total. The average molecular weight is 179 g/mol. The standard InChI is InChI=1S/C8H9N3O2/c9-6-3-5-1-2-10-4-7(5)11(13)8(6)12/h1-2,4,6,13H,3,9H2.